The number of aryl methyl sites for hydroxylation is 1. The van der Waals surface area contributed by atoms with Crippen LogP contribution < -0.4 is 5.56 Å². The Bertz CT molecular complexity index is 1810. The summed E-state index contributed by atoms with van der Waals surface area (Å²) in [7, 11) is -16.8. The Morgan fingerprint density at radius 2 is 1.83 bits per heavy atom. The predicted octanol–water partition coefficient (Wildman–Crippen LogP) is 2.85. The van der Waals surface area contributed by atoms with Crippen molar-refractivity contribution in [2.75, 3.05) is 6.61 Å². The number of fused-ring (bicyclic) bond motifs is 1. The molecule has 0 saturated carbocycles. The highest BCUT2D eigenvalue weighted by molar-refractivity contribution is 7.66. The molecule has 46 heavy (non-hydrogen) atoms. The molecule has 3 aromatic rings. The molecule has 6 N–H and O–H groups in total. The first-order valence-corrected chi connectivity index (χ1v) is 17.9. The fourth-order valence-corrected chi connectivity index (χ4v) is 7.92. The molecule has 23 heteroatoms. The Labute approximate surface area is 259 Å². The van der Waals surface area contributed by atoms with E-state index in [4.69, 9.17) is 19.3 Å². The van der Waals surface area contributed by atoms with E-state index in [1.165, 1.54) is 29.8 Å². The van der Waals surface area contributed by atoms with Crippen molar-refractivity contribution in [1.29, 1.82) is 0 Å². The number of nitrogens with zero attached hydrogens (tertiary/aromatic N) is 3. The number of nitrogens with one attached hydrogen (secondary N) is 1. The van der Waals surface area contributed by atoms with Crippen LogP contribution in [0.25, 0.3) is 11.0 Å². The summed E-state index contributed by atoms with van der Waals surface area (Å²) in [4.78, 5) is 67.6. The predicted molar refractivity (Wildman–Crippen MR) is 155 cm³/mol. The van der Waals surface area contributed by atoms with Gasteiger partial charge in [0.05, 0.1) is 41.3 Å². The van der Waals surface area contributed by atoms with Crippen molar-refractivity contribution in [1.82, 2.24) is 14.5 Å². The molecule has 1 fully saturated rings. The normalized spacial score (nSPS) is 22.2. The average molecular weight is 712 g/mol. The summed E-state index contributed by atoms with van der Waals surface area (Å²) in [5, 5.41) is 22.4. The van der Waals surface area contributed by atoms with Crippen molar-refractivity contribution in [2.24, 2.45) is 5.92 Å². The lowest BCUT2D eigenvalue weighted by Crippen LogP contribution is -2.26. The number of phosphoric ester groups is 1. The van der Waals surface area contributed by atoms with E-state index in [-0.39, 0.29) is 41.5 Å². The smallest absolute Gasteiger partial charge is 0.390 e. The van der Waals surface area contributed by atoms with E-state index in [2.05, 4.69) is 23.1 Å². The van der Waals surface area contributed by atoms with Gasteiger partial charge in [-0.3, -0.25) is 19.4 Å². The number of para-hydroxylation sites is 1. The first kappa shape index (κ1) is 36.2. The van der Waals surface area contributed by atoms with E-state index in [0.717, 1.165) is 0 Å². The van der Waals surface area contributed by atoms with Crippen molar-refractivity contribution in [3.8, 4) is 0 Å². The van der Waals surface area contributed by atoms with Crippen LogP contribution in [0.4, 0.5) is 5.69 Å². The van der Waals surface area contributed by atoms with Crippen LogP contribution in [-0.2, 0) is 42.9 Å². The molecule has 0 amide bonds. The topological polar surface area (TPSA) is 292 Å². The maximum absolute atomic E-state index is 13.0. The number of nitro groups is 1. The first-order valence-electron chi connectivity index (χ1n) is 13.3. The maximum atomic E-state index is 13.0. The fraction of sp³-hybridized carbons (Fsp3) is 0.478. The van der Waals surface area contributed by atoms with E-state index in [0.29, 0.717) is 11.1 Å². The lowest BCUT2D eigenvalue weighted by Gasteiger charge is -2.21. The number of ether oxygens (including phenoxy) is 2. The molecule has 3 heterocycles. The third-order valence-corrected chi connectivity index (χ3v) is 10.5. The van der Waals surface area contributed by atoms with Crippen molar-refractivity contribution >= 4 is 40.2 Å². The van der Waals surface area contributed by atoms with Gasteiger partial charge in [0.15, 0.2) is 0 Å². The van der Waals surface area contributed by atoms with Crippen molar-refractivity contribution < 1.29 is 65.9 Å². The molecular formula is C23H31N4O16P3. The van der Waals surface area contributed by atoms with Crippen LogP contribution in [0.15, 0.2) is 35.3 Å². The molecular weight excluding hydrogens is 681 g/mol. The second-order valence-corrected chi connectivity index (χ2v) is 14.9. The van der Waals surface area contributed by atoms with Crippen LogP contribution in [0.5, 0.6) is 0 Å². The first-order chi connectivity index (χ1) is 21.3. The molecule has 2 aromatic heterocycles. The zero-order valence-electron chi connectivity index (χ0n) is 24.3. The van der Waals surface area contributed by atoms with Gasteiger partial charge in [0, 0.05) is 24.2 Å². The van der Waals surface area contributed by atoms with Crippen molar-refractivity contribution in [3.05, 3.63) is 67.9 Å². The van der Waals surface area contributed by atoms with Gasteiger partial charge in [0.1, 0.15) is 23.8 Å². The third kappa shape index (κ3) is 8.81. The fourth-order valence-electron chi connectivity index (χ4n) is 4.89. The largest absolute Gasteiger partial charge is 0.490 e. The molecule has 20 nitrogen and oxygen atoms in total. The molecule has 4 rings (SSSR count). The highest BCUT2D eigenvalue weighted by atomic mass is 31.3. The number of phosphoric acid groups is 3. The Morgan fingerprint density at radius 3 is 2.46 bits per heavy atom. The number of aromatic nitrogens is 3. The molecule has 1 aliphatic rings. The average Bonchev–Trinajstić information content (AvgIpc) is 3.45. The van der Waals surface area contributed by atoms with Gasteiger partial charge < -0.3 is 43.7 Å². The number of aromatic amines is 1. The van der Waals surface area contributed by atoms with Gasteiger partial charge in [-0.2, -0.15) is 8.62 Å². The van der Waals surface area contributed by atoms with Gasteiger partial charge in [-0.15, -0.1) is 0 Å². The minimum absolute atomic E-state index is 0.116. The molecule has 1 aliphatic heterocycles. The van der Waals surface area contributed by atoms with E-state index in [1.54, 1.807) is 12.1 Å². The Hall–Kier alpha value is -2.67. The van der Waals surface area contributed by atoms with E-state index in [9.17, 15) is 43.5 Å². The van der Waals surface area contributed by atoms with Crippen LogP contribution in [0.1, 0.15) is 49.6 Å². The number of hydrogen-bond donors (Lipinski definition) is 6. The van der Waals surface area contributed by atoms with Gasteiger partial charge in [0.2, 0.25) is 0 Å². The highest BCUT2D eigenvalue weighted by Crippen LogP contribution is 2.66. The number of rotatable bonds is 14. The van der Waals surface area contributed by atoms with Crippen LogP contribution in [-0.4, -0.2) is 63.0 Å². The summed E-state index contributed by atoms with van der Waals surface area (Å²) < 4.78 is 59.8. The number of aliphatic hydroxyl groups excluding tert-OH is 1. The number of H-pyrrole nitrogens is 1. The Morgan fingerprint density at radius 1 is 1.15 bits per heavy atom. The lowest BCUT2D eigenvalue weighted by molar-refractivity contribution is -0.386. The molecule has 0 spiro atoms. The summed E-state index contributed by atoms with van der Waals surface area (Å²) in [5.41, 5.74) is 0.166. The van der Waals surface area contributed by atoms with Gasteiger partial charge in [-0.05, 0) is 18.9 Å². The molecule has 0 aliphatic carbocycles. The second-order valence-electron chi connectivity index (χ2n) is 10.5. The molecule has 6 atom stereocenters. The lowest BCUT2D eigenvalue weighted by atomic mass is 9.97. The molecule has 1 saturated heterocycles. The molecule has 254 valence electrons. The second kappa shape index (κ2) is 13.8. The van der Waals surface area contributed by atoms with Crippen molar-refractivity contribution in [3.63, 3.8) is 0 Å². The summed E-state index contributed by atoms with van der Waals surface area (Å²) in [5.74, 6) is 0.0313. The SMILES string of the molecule is Cc1nc2c(c(CO[C@H](c3ccccc3[N+](=O)[O-])C(C)C)cn2[C@H]2C[C@@H](O)[C@@H](COP(=O)(O)OP(=O)(O)OP(=O)(O)O)O2)c(=O)[nH]1. The monoisotopic (exact) mass is 712 g/mol. The molecule has 0 radical (unpaired) electrons. The number of benzene rings is 1. The Kier molecular flexibility index (Phi) is 10.9. The minimum atomic E-state index is -5.75. The van der Waals surface area contributed by atoms with Crippen LogP contribution in [0.3, 0.4) is 0 Å². The van der Waals surface area contributed by atoms with Crippen LogP contribution in [0.2, 0.25) is 0 Å². The summed E-state index contributed by atoms with van der Waals surface area (Å²) in [6, 6.07) is 6.13. The van der Waals surface area contributed by atoms with E-state index < -0.39 is 65.1 Å². The van der Waals surface area contributed by atoms with E-state index >= 15 is 0 Å². The highest BCUT2D eigenvalue weighted by Gasteiger charge is 2.43. The number of nitro benzene ring substituents is 1. The van der Waals surface area contributed by atoms with Crippen LogP contribution >= 0.6 is 23.5 Å². The summed E-state index contributed by atoms with van der Waals surface area (Å²) in [6.07, 6.45) is -3.09. The van der Waals surface area contributed by atoms with E-state index in [1.807, 2.05) is 13.8 Å². The maximum Gasteiger partial charge on any atom is 0.490 e. The molecule has 0 bridgehead atoms. The summed E-state index contributed by atoms with van der Waals surface area (Å²) in [6.45, 7) is 4.09. The minimum Gasteiger partial charge on any atom is -0.390 e. The third-order valence-electron chi connectivity index (χ3n) is 6.68. The Balaban J connectivity index is 1.56. The van der Waals surface area contributed by atoms with Gasteiger partial charge in [0.25, 0.3) is 11.2 Å². The van der Waals surface area contributed by atoms with Crippen molar-refractivity contribution in [2.45, 2.75) is 58.3 Å². The zero-order valence-corrected chi connectivity index (χ0v) is 27.0. The number of aliphatic hydroxyl groups is 1. The van der Waals surface area contributed by atoms with Gasteiger partial charge >= 0.3 is 23.5 Å². The molecule has 1 aromatic carbocycles. The quantitative estimate of drug-likeness (QED) is 0.0795. The standard InChI is InChI=1S/C23H31N4O16P3/c1-12(2)21(15-6-4-5-7-16(15)27(30)31)39-10-14-9-26(22-20(14)23(29)25-13(3)24-22)19-8-17(28)18(41-19)11-40-45(35,36)43-46(37,38)42-44(32,33)34/h4-7,9,12,17-19,21,28H,8,10-11H2,1-3H3,(H,35,36)(H,37,38)(H,24,25,29)(H2,32,33,34)/t17-,18-,19-,21+/m1/s1. The summed E-state index contributed by atoms with van der Waals surface area (Å²) >= 11 is 0. The number of hydrogen-bond acceptors (Lipinski definition) is 13. The zero-order chi connectivity index (χ0) is 34.2. The van der Waals surface area contributed by atoms with Gasteiger partial charge in [-0.1, -0.05) is 26.0 Å². The molecule has 2 unspecified atom stereocenters. The van der Waals surface area contributed by atoms with Crippen LogP contribution in [0, 0.1) is 23.0 Å². The van der Waals surface area contributed by atoms with Gasteiger partial charge in [-0.25, -0.2) is 18.7 Å².